The average molecular weight is 683 g/mol. The summed E-state index contributed by atoms with van der Waals surface area (Å²) in [5, 5.41) is 3.61. The van der Waals surface area contributed by atoms with Crippen LogP contribution in [-0.2, 0) is 26.2 Å². The normalized spacial score (nSPS) is 12.5. The van der Waals surface area contributed by atoms with Crippen molar-refractivity contribution in [3.8, 4) is 0 Å². The van der Waals surface area contributed by atoms with Crippen LogP contribution in [0.1, 0.15) is 45.2 Å². The maximum absolute atomic E-state index is 14.1. The summed E-state index contributed by atoms with van der Waals surface area (Å²) in [7, 11) is -4.15. The number of amides is 2. The molecule has 0 aliphatic carbocycles. The highest BCUT2D eigenvalue weighted by atomic mass is 79.9. The molecule has 3 aromatic rings. The molecule has 11 heteroatoms. The Bertz CT molecular complexity index is 1490. The van der Waals surface area contributed by atoms with Gasteiger partial charge in [-0.1, -0.05) is 69.8 Å². The van der Waals surface area contributed by atoms with E-state index in [0.29, 0.717) is 27.7 Å². The van der Waals surface area contributed by atoms with Crippen LogP contribution in [0.25, 0.3) is 0 Å². The van der Waals surface area contributed by atoms with E-state index in [4.69, 9.17) is 23.2 Å². The van der Waals surface area contributed by atoms with Gasteiger partial charge in [0.25, 0.3) is 10.0 Å². The standard InChI is InChI=1S/C30H34BrCl2N3O4S/c1-6-27(29(38)34-30(3,4)5)35(18-21-9-16-25(32)26(33)17-21)28(37)19-36(23-12-10-22(31)11-13-23)41(39,40)24-14-7-20(2)8-15-24/h7-17,27H,6,18-19H2,1-5H3,(H,34,38)/t27-/m1/s1. The molecule has 0 radical (unpaired) electrons. The lowest BCUT2D eigenvalue weighted by atomic mass is 10.1. The van der Waals surface area contributed by atoms with Crippen LogP contribution < -0.4 is 9.62 Å². The molecule has 3 rings (SSSR count). The van der Waals surface area contributed by atoms with Gasteiger partial charge in [0.2, 0.25) is 11.8 Å². The number of sulfonamides is 1. The molecule has 220 valence electrons. The average Bonchev–Trinajstić information content (AvgIpc) is 2.89. The van der Waals surface area contributed by atoms with Crippen LogP contribution >= 0.6 is 39.1 Å². The first-order chi connectivity index (χ1) is 19.1. The van der Waals surface area contributed by atoms with Gasteiger partial charge < -0.3 is 10.2 Å². The first-order valence-corrected chi connectivity index (χ1v) is 16.0. The second-order valence-electron chi connectivity index (χ2n) is 10.7. The van der Waals surface area contributed by atoms with Gasteiger partial charge in [-0.25, -0.2) is 8.42 Å². The van der Waals surface area contributed by atoms with Crippen LogP contribution in [0.4, 0.5) is 5.69 Å². The van der Waals surface area contributed by atoms with Gasteiger partial charge in [0.15, 0.2) is 0 Å². The molecule has 1 atom stereocenters. The molecule has 2 amide bonds. The van der Waals surface area contributed by atoms with Crippen LogP contribution in [0.2, 0.25) is 10.0 Å². The summed E-state index contributed by atoms with van der Waals surface area (Å²) in [4.78, 5) is 29.0. The van der Waals surface area contributed by atoms with E-state index < -0.39 is 34.1 Å². The minimum Gasteiger partial charge on any atom is -0.350 e. The number of carbonyl (C=O) groups excluding carboxylic acids is 2. The molecule has 0 bridgehead atoms. The van der Waals surface area contributed by atoms with Gasteiger partial charge in [-0.2, -0.15) is 0 Å². The predicted molar refractivity (Wildman–Crippen MR) is 169 cm³/mol. The second kappa shape index (κ2) is 13.6. The second-order valence-corrected chi connectivity index (χ2v) is 14.3. The van der Waals surface area contributed by atoms with Crippen LogP contribution in [0.15, 0.2) is 76.1 Å². The molecule has 0 heterocycles. The number of benzene rings is 3. The van der Waals surface area contributed by atoms with Crippen molar-refractivity contribution < 1.29 is 18.0 Å². The topological polar surface area (TPSA) is 86.8 Å². The molecule has 7 nitrogen and oxygen atoms in total. The van der Waals surface area contributed by atoms with Crippen LogP contribution in [0.5, 0.6) is 0 Å². The zero-order valence-corrected chi connectivity index (χ0v) is 27.5. The summed E-state index contributed by atoms with van der Waals surface area (Å²) in [5.41, 5.74) is 1.31. The van der Waals surface area contributed by atoms with Crippen molar-refractivity contribution in [2.75, 3.05) is 10.8 Å². The van der Waals surface area contributed by atoms with E-state index in [-0.39, 0.29) is 17.3 Å². The summed E-state index contributed by atoms with van der Waals surface area (Å²) in [5.74, 6) is -0.893. The van der Waals surface area contributed by atoms with E-state index in [1.165, 1.54) is 17.0 Å². The Kier molecular flexibility index (Phi) is 10.9. The zero-order chi connectivity index (χ0) is 30.5. The van der Waals surface area contributed by atoms with Gasteiger partial charge in [0.1, 0.15) is 12.6 Å². The minimum absolute atomic E-state index is 0.0184. The third kappa shape index (κ3) is 8.70. The number of hydrogen-bond donors (Lipinski definition) is 1. The van der Waals surface area contributed by atoms with Gasteiger partial charge >= 0.3 is 0 Å². The summed E-state index contributed by atoms with van der Waals surface area (Å²) >= 11 is 15.7. The van der Waals surface area contributed by atoms with Crippen molar-refractivity contribution in [2.24, 2.45) is 0 Å². The molecule has 0 aliphatic heterocycles. The number of nitrogens with one attached hydrogen (secondary N) is 1. The van der Waals surface area contributed by atoms with Gasteiger partial charge in [0.05, 0.1) is 20.6 Å². The number of carbonyl (C=O) groups is 2. The Labute approximate surface area is 261 Å². The number of hydrogen-bond acceptors (Lipinski definition) is 4. The summed E-state index contributed by atoms with van der Waals surface area (Å²) in [6, 6.07) is 17.2. The van der Waals surface area contributed by atoms with E-state index in [0.717, 1.165) is 14.3 Å². The fourth-order valence-corrected chi connectivity index (χ4v) is 6.18. The van der Waals surface area contributed by atoms with Crippen LogP contribution in [0, 0.1) is 6.92 Å². The smallest absolute Gasteiger partial charge is 0.264 e. The Balaban J connectivity index is 2.08. The van der Waals surface area contributed by atoms with Crippen molar-refractivity contribution in [1.82, 2.24) is 10.2 Å². The molecule has 3 aromatic carbocycles. The van der Waals surface area contributed by atoms with E-state index in [1.54, 1.807) is 61.5 Å². The molecule has 41 heavy (non-hydrogen) atoms. The van der Waals surface area contributed by atoms with Gasteiger partial charge in [-0.3, -0.25) is 13.9 Å². The number of aryl methyl sites for hydroxylation is 1. The van der Waals surface area contributed by atoms with E-state index >= 15 is 0 Å². The number of nitrogens with zero attached hydrogens (tertiary/aromatic N) is 2. The van der Waals surface area contributed by atoms with Gasteiger partial charge in [-0.05, 0) is 88.2 Å². The fraction of sp³-hybridized carbons (Fsp3) is 0.333. The molecule has 0 aliphatic rings. The maximum atomic E-state index is 14.1. The lowest BCUT2D eigenvalue weighted by Gasteiger charge is -2.34. The Morgan fingerprint density at radius 2 is 1.56 bits per heavy atom. The summed E-state index contributed by atoms with van der Waals surface area (Å²) < 4.78 is 29.7. The molecular weight excluding hydrogens is 649 g/mol. The Hall–Kier alpha value is -2.59. The molecule has 0 saturated carbocycles. The number of anilines is 1. The van der Waals surface area contributed by atoms with Crippen molar-refractivity contribution >= 4 is 66.7 Å². The SMILES string of the molecule is CC[C@H](C(=O)NC(C)(C)C)N(Cc1ccc(Cl)c(Cl)c1)C(=O)CN(c1ccc(Br)cc1)S(=O)(=O)c1ccc(C)cc1. The monoisotopic (exact) mass is 681 g/mol. The molecule has 0 aromatic heterocycles. The molecule has 1 N–H and O–H groups in total. The Morgan fingerprint density at radius 1 is 0.951 bits per heavy atom. The lowest BCUT2D eigenvalue weighted by Crippen LogP contribution is -2.55. The first-order valence-electron chi connectivity index (χ1n) is 13.0. The van der Waals surface area contributed by atoms with Crippen LogP contribution in [-0.4, -0.2) is 43.3 Å². The van der Waals surface area contributed by atoms with E-state index in [9.17, 15) is 18.0 Å². The Morgan fingerprint density at radius 3 is 2.10 bits per heavy atom. The van der Waals surface area contributed by atoms with E-state index in [2.05, 4.69) is 21.2 Å². The van der Waals surface area contributed by atoms with Gasteiger partial charge in [0, 0.05) is 16.6 Å². The quantitative estimate of drug-likeness (QED) is 0.250. The molecule has 0 unspecified atom stereocenters. The largest absolute Gasteiger partial charge is 0.350 e. The third-order valence-corrected chi connectivity index (χ3v) is 9.28. The highest BCUT2D eigenvalue weighted by Crippen LogP contribution is 2.28. The van der Waals surface area contributed by atoms with Crippen molar-refractivity contribution in [2.45, 2.75) is 64.1 Å². The molecule has 0 saturated heterocycles. The van der Waals surface area contributed by atoms with Gasteiger partial charge in [-0.15, -0.1) is 0 Å². The summed E-state index contributed by atoms with van der Waals surface area (Å²) in [6.07, 6.45) is 0.304. The van der Waals surface area contributed by atoms with Crippen molar-refractivity contribution in [3.63, 3.8) is 0 Å². The summed E-state index contributed by atoms with van der Waals surface area (Å²) in [6.45, 7) is 8.71. The zero-order valence-electron chi connectivity index (χ0n) is 23.6. The van der Waals surface area contributed by atoms with E-state index in [1.807, 2.05) is 27.7 Å². The number of rotatable bonds is 10. The maximum Gasteiger partial charge on any atom is 0.264 e. The van der Waals surface area contributed by atoms with Crippen LogP contribution in [0.3, 0.4) is 0 Å². The molecular formula is C30H34BrCl2N3O4S. The minimum atomic E-state index is -4.15. The lowest BCUT2D eigenvalue weighted by molar-refractivity contribution is -0.141. The van der Waals surface area contributed by atoms with Crippen molar-refractivity contribution in [3.05, 3.63) is 92.4 Å². The number of halogens is 3. The fourth-order valence-electron chi connectivity index (χ4n) is 4.18. The highest BCUT2D eigenvalue weighted by Gasteiger charge is 2.34. The molecule has 0 spiro atoms. The first kappa shape index (κ1) is 32.9. The highest BCUT2D eigenvalue weighted by molar-refractivity contribution is 9.10. The predicted octanol–water partition coefficient (Wildman–Crippen LogP) is 6.98. The van der Waals surface area contributed by atoms with Crippen molar-refractivity contribution in [1.29, 1.82) is 0 Å². The third-order valence-electron chi connectivity index (χ3n) is 6.22. The molecule has 0 fully saturated rings.